The van der Waals surface area contributed by atoms with E-state index in [2.05, 4.69) is 33.0 Å². The molecular formula is C21H23BrN4O2. The van der Waals surface area contributed by atoms with Crippen molar-refractivity contribution >= 4 is 21.8 Å². The number of amides is 1. The zero-order valence-corrected chi connectivity index (χ0v) is 17.4. The van der Waals surface area contributed by atoms with E-state index in [1.807, 2.05) is 52.1 Å². The summed E-state index contributed by atoms with van der Waals surface area (Å²) in [5, 5.41) is 4.10. The van der Waals surface area contributed by atoms with Gasteiger partial charge in [0.1, 0.15) is 12.2 Å². The predicted molar refractivity (Wildman–Crippen MR) is 111 cm³/mol. The number of carbonyl (C=O) groups is 1. The molecule has 2 aromatic heterocycles. The van der Waals surface area contributed by atoms with E-state index in [1.54, 1.807) is 0 Å². The van der Waals surface area contributed by atoms with E-state index in [0.717, 1.165) is 41.5 Å². The predicted octanol–water partition coefficient (Wildman–Crippen LogP) is 4.76. The van der Waals surface area contributed by atoms with Crippen molar-refractivity contribution < 1.29 is 9.32 Å². The van der Waals surface area contributed by atoms with Gasteiger partial charge in [-0.3, -0.25) is 4.79 Å². The Labute approximate surface area is 172 Å². The zero-order chi connectivity index (χ0) is 19.5. The standard InChI is InChI=1S/C21H23BrN4O2/c1-2-17-6-3-4-13-26(17)19(27)14-25-12-5-7-18(25)21-23-20(24-28-21)15-8-10-16(22)11-9-15/h5,7-12,17H,2-4,6,13-14H2,1H3/t17-/m1/s1. The first-order chi connectivity index (χ1) is 13.7. The van der Waals surface area contributed by atoms with E-state index < -0.39 is 0 Å². The lowest BCUT2D eigenvalue weighted by Gasteiger charge is -2.35. The number of hydrogen-bond donors (Lipinski definition) is 0. The molecule has 1 aromatic carbocycles. The Bertz CT molecular complexity index is 947. The normalized spacial score (nSPS) is 17.1. The highest BCUT2D eigenvalue weighted by Crippen LogP contribution is 2.25. The first-order valence-electron chi connectivity index (χ1n) is 9.70. The fourth-order valence-corrected chi connectivity index (χ4v) is 4.04. The molecule has 1 saturated heterocycles. The molecule has 3 heterocycles. The summed E-state index contributed by atoms with van der Waals surface area (Å²) in [6.45, 7) is 3.29. The molecule has 0 N–H and O–H groups in total. The second-order valence-electron chi connectivity index (χ2n) is 7.10. The highest BCUT2D eigenvalue weighted by molar-refractivity contribution is 9.10. The summed E-state index contributed by atoms with van der Waals surface area (Å²) in [7, 11) is 0. The molecule has 0 unspecified atom stereocenters. The van der Waals surface area contributed by atoms with Gasteiger partial charge in [-0.1, -0.05) is 28.0 Å². The van der Waals surface area contributed by atoms with Gasteiger partial charge in [-0.05, 0) is 62.1 Å². The van der Waals surface area contributed by atoms with E-state index in [4.69, 9.17) is 4.52 Å². The molecule has 146 valence electrons. The molecule has 0 aliphatic carbocycles. The molecule has 0 saturated carbocycles. The third-order valence-electron chi connectivity index (χ3n) is 5.30. The first-order valence-corrected chi connectivity index (χ1v) is 10.5. The van der Waals surface area contributed by atoms with Crippen LogP contribution in [0.4, 0.5) is 0 Å². The van der Waals surface area contributed by atoms with Gasteiger partial charge < -0.3 is 14.0 Å². The molecule has 7 heteroatoms. The number of nitrogens with zero attached hydrogens (tertiary/aromatic N) is 4. The van der Waals surface area contributed by atoms with Crippen molar-refractivity contribution in [2.75, 3.05) is 6.54 Å². The smallest absolute Gasteiger partial charge is 0.274 e. The minimum Gasteiger partial charge on any atom is -0.338 e. The molecule has 0 spiro atoms. The van der Waals surface area contributed by atoms with Gasteiger partial charge in [0.2, 0.25) is 11.7 Å². The van der Waals surface area contributed by atoms with Crippen LogP contribution in [0.25, 0.3) is 23.0 Å². The number of rotatable bonds is 5. The average Bonchev–Trinajstić information content (AvgIpc) is 3.38. The summed E-state index contributed by atoms with van der Waals surface area (Å²) in [4.78, 5) is 19.5. The van der Waals surface area contributed by atoms with Crippen molar-refractivity contribution in [3.8, 4) is 23.0 Å². The quantitative estimate of drug-likeness (QED) is 0.571. The molecule has 1 fully saturated rings. The van der Waals surface area contributed by atoms with Gasteiger partial charge in [-0.25, -0.2) is 0 Å². The lowest BCUT2D eigenvalue weighted by Crippen LogP contribution is -2.44. The maximum absolute atomic E-state index is 12.9. The molecule has 3 aromatic rings. The third kappa shape index (κ3) is 3.90. The lowest BCUT2D eigenvalue weighted by atomic mass is 10.00. The van der Waals surface area contributed by atoms with Gasteiger partial charge in [0.25, 0.3) is 5.89 Å². The van der Waals surface area contributed by atoms with Gasteiger partial charge in [-0.2, -0.15) is 4.98 Å². The minimum atomic E-state index is 0.150. The number of likely N-dealkylation sites (tertiary alicyclic amines) is 1. The van der Waals surface area contributed by atoms with Crippen LogP contribution in [0.5, 0.6) is 0 Å². The molecule has 1 aliphatic heterocycles. The van der Waals surface area contributed by atoms with Crippen LogP contribution >= 0.6 is 15.9 Å². The van der Waals surface area contributed by atoms with Crippen molar-refractivity contribution in [2.24, 2.45) is 0 Å². The average molecular weight is 443 g/mol. The topological polar surface area (TPSA) is 64.2 Å². The van der Waals surface area contributed by atoms with E-state index in [-0.39, 0.29) is 12.5 Å². The minimum absolute atomic E-state index is 0.150. The molecule has 0 radical (unpaired) electrons. The Morgan fingerprint density at radius 3 is 2.86 bits per heavy atom. The van der Waals surface area contributed by atoms with Crippen LogP contribution in [-0.4, -0.2) is 38.1 Å². The molecule has 1 aliphatic rings. The Balaban J connectivity index is 1.53. The summed E-state index contributed by atoms with van der Waals surface area (Å²) in [5.41, 5.74) is 1.64. The van der Waals surface area contributed by atoms with E-state index in [0.29, 0.717) is 17.8 Å². The molecule has 1 amide bonds. The van der Waals surface area contributed by atoms with Gasteiger partial charge in [0.05, 0.1) is 0 Å². The van der Waals surface area contributed by atoms with Crippen molar-refractivity contribution in [2.45, 2.75) is 45.2 Å². The number of benzene rings is 1. The van der Waals surface area contributed by atoms with Gasteiger partial charge in [-0.15, -0.1) is 0 Å². The maximum Gasteiger partial charge on any atom is 0.274 e. The fraction of sp³-hybridized carbons (Fsp3) is 0.381. The van der Waals surface area contributed by atoms with E-state index >= 15 is 0 Å². The molecular weight excluding hydrogens is 420 g/mol. The second kappa shape index (κ2) is 8.31. The number of aromatic nitrogens is 3. The molecule has 1 atom stereocenters. The summed E-state index contributed by atoms with van der Waals surface area (Å²) >= 11 is 3.43. The summed E-state index contributed by atoms with van der Waals surface area (Å²) in [6.07, 6.45) is 6.28. The second-order valence-corrected chi connectivity index (χ2v) is 8.01. The Kier molecular flexibility index (Phi) is 5.62. The highest BCUT2D eigenvalue weighted by Gasteiger charge is 2.26. The third-order valence-corrected chi connectivity index (χ3v) is 5.83. The van der Waals surface area contributed by atoms with Gasteiger partial charge >= 0.3 is 0 Å². The SMILES string of the molecule is CC[C@@H]1CCCCN1C(=O)Cn1cccc1-c1nc(-c2ccc(Br)cc2)no1. The van der Waals surface area contributed by atoms with Gasteiger partial charge in [0, 0.05) is 28.8 Å². The van der Waals surface area contributed by atoms with Crippen molar-refractivity contribution in [3.63, 3.8) is 0 Å². The largest absolute Gasteiger partial charge is 0.338 e. The number of carbonyl (C=O) groups excluding carboxylic acids is 1. The van der Waals surface area contributed by atoms with E-state index in [1.165, 1.54) is 6.42 Å². The summed E-state index contributed by atoms with van der Waals surface area (Å²) in [5.74, 6) is 1.10. The Morgan fingerprint density at radius 1 is 1.25 bits per heavy atom. The highest BCUT2D eigenvalue weighted by atomic mass is 79.9. The molecule has 0 bridgehead atoms. The van der Waals surface area contributed by atoms with Crippen molar-refractivity contribution in [1.82, 2.24) is 19.6 Å². The van der Waals surface area contributed by atoms with Crippen molar-refractivity contribution in [1.29, 1.82) is 0 Å². The lowest BCUT2D eigenvalue weighted by molar-refractivity contribution is -0.135. The number of halogens is 1. The monoisotopic (exact) mass is 442 g/mol. The maximum atomic E-state index is 12.9. The number of hydrogen-bond acceptors (Lipinski definition) is 4. The van der Waals surface area contributed by atoms with Crippen LogP contribution in [0.1, 0.15) is 32.6 Å². The fourth-order valence-electron chi connectivity index (χ4n) is 3.78. The van der Waals surface area contributed by atoms with E-state index in [9.17, 15) is 4.79 Å². The molecule has 6 nitrogen and oxygen atoms in total. The van der Waals surface area contributed by atoms with Crippen molar-refractivity contribution in [3.05, 3.63) is 47.1 Å². The summed E-state index contributed by atoms with van der Waals surface area (Å²) < 4.78 is 8.37. The Hall–Kier alpha value is -2.41. The van der Waals surface area contributed by atoms with Crippen LogP contribution in [0.3, 0.4) is 0 Å². The van der Waals surface area contributed by atoms with Crippen LogP contribution in [0, 0.1) is 0 Å². The van der Waals surface area contributed by atoms with Crippen LogP contribution in [0.15, 0.2) is 51.6 Å². The Morgan fingerprint density at radius 2 is 2.07 bits per heavy atom. The zero-order valence-electron chi connectivity index (χ0n) is 15.8. The first kappa shape index (κ1) is 18.9. The van der Waals surface area contributed by atoms with Crippen LogP contribution < -0.4 is 0 Å². The van der Waals surface area contributed by atoms with Crippen LogP contribution in [-0.2, 0) is 11.3 Å². The van der Waals surface area contributed by atoms with Crippen LogP contribution in [0.2, 0.25) is 0 Å². The molecule has 4 rings (SSSR count). The van der Waals surface area contributed by atoms with Gasteiger partial charge in [0.15, 0.2) is 0 Å². The number of piperidine rings is 1. The molecule has 28 heavy (non-hydrogen) atoms. The summed E-state index contributed by atoms with van der Waals surface area (Å²) in [6, 6.07) is 11.9.